The lowest BCUT2D eigenvalue weighted by molar-refractivity contribution is 0.281. The molecule has 1 aliphatic heterocycles. The Morgan fingerprint density at radius 2 is 2.25 bits per heavy atom. The molecule has 0 amide bonds. The third kappa shape index (κ3) is 3.81. The van der Waals surface area contributed by atoms with Crippen molar-refractivity contribution in [3.8, 4) is 0 Å². The van der Waals surface area contributed by atoms with E-state index in [4.69, 9.17) is 0 Å². The summed E-state index contributed by atoms with van der Waals surface area (Å²) in [6.45, 7) is 7.27. The molecule has 1 aliphatic rings. The minimum Gasteiger partial charge on any atom is -0.312 e. The topological polar surface area (TPSA) is 49.4 Å². The molecule has 1 N–H and O–H groups in total. The predicted molar refractivity (Wildman–Crippen MR) is 83.5 cm³/mol. The molecule has 1 aromatic heterocycles. The Morgan fingerprint density at radius 3 is 2.95 bits per heavy atom. The molecule has 2 heterocycles. The van der Waals surface area contributed by atoms with Gasteiger partial charge in [0.2, 0.25) is 0 Å². The van der Waals surface area contributed by atoms with Gasteiger partial charge in [-0.15, -0.1) is 11.3 Å². The van der Waals surface area contributed by atoms with Gasteiger partial charge in [0.05, 0.1) is 0 Å². The number of sulfonamides is 1. The number of thiophene rings is 1. The molecule has 0 radical (unpaired) electrons. The lowest BCUT2D eigenvalue weighted by Gasteiger charge is -2.29. The van der Waals surface area contributed by atoms with Crippen LogP contribution in [0.4, 0.5) is 0 Å². The molecule has 0 bridgehead atoms. The quantitative estimate of drug-likeness (QED) is 0.821. The minimum atomic E-state index is -3.28. The average molecular weight is 316 g/mol. The Kier molecular flexibility index (Phi) is 5.60. The summed E-state index contributed by atoms with van der Waals surface area (Å²) in [5.74, 6) is 0.462. The maximum atomic E-state index is 12.6. The van der Waals surface area contributed by atoms with Crippen LogP contribution in [0.5, 0.6) is 0 Å². The standard InChI is InChI=1S/C14H24N2O2S2/c1-3-8-15-10-13-6-7-14(19-13)20(17,18)16-9-4-5-12(2)11-16/h6-7,12,15H,3-5,8-11H2,1-2H3. The van der Waals surface area contributed by atoms with Crippen molar-refractivity contribution in [2.45, 2.75) is 43.9 Å². The lowest BCUT2D eigenvalue weighted by atomic mass is 10.0. The summed E-state index contributed by atoms with van der Waals surface area (Å²) in [6.07, 6.45) is 3.18. The summed E-state index contributed by atoms with van der Waals surface area (Å²) in [4.78, 5) is 1.09. The largest absolute Gasteiger partial charge is 0.312 e. The first-order valence-electron chi connectivity index (χ1n) is 7.33. The summed E-state index contributed by atoms with van der Waals surface area (Å²) < 4.78 is 27.3. The van der Waals surface area contributed by atoms with Gasteiger partial charge in [-0.25, -0.2) is 8.42 Å². The van der Waals surface area contributed by atoms with Gasteiger partial charge in [-0.2, -0.15) is 4.31 Å². The molecule has 114 valence electrons. The number of nitrogens with one attached hydrogen (secondary N) is 1. The molecule has 1 atom stereocenters. The van der Waals surface area contributed by atoms with Crippen LogP contribution in [-0.2, 0) is 16.6 Å². The minimum absolute atomic E-state index is 0.462. The van der Waals surface area contributed by atoms with E-state index in [1.807, 2.05) is 6.07 Å². The van der Waals surface area contributed by atoms with E-state index in [2.05, 4.69) is 19.2 Å². The third-order valence-corrected chi connectivity index (χ3v) is 6.99. The van der Waals surface area contributed by atoms with Crippen molar-refractivity contribution >= 4 is 21.4 Å². The Balaban J connectivity index is 2.05. The molecule has 4 nitrogen and oxygen atoms in total. The first-order valence-corrected chi connectivity index (χ1v) is 9.59. The molecule has 0 aromatic carbocycles. The highest BCUT2D eigenvalue weighted by Crippen LogP contribution is 2.28. The first-order chi connectivity index (χ1) is 9.54. The van der Waals surface area contributed by atoms with Crippen molar-refractivity contribution in [1.82, 2.24) is 9.62 Å². The molecule has 1 aromatic rings. The fourth-order valence-corrected chi connectivity index (χ4v) is 5.55. The Labute approximate surface area is 126 Å². The number of hydrogen-bond acceptors (Lipinski definition) is 4. The van der Waals surface area contributed by atoms with Gasteiger partial charge < -0.3 is 5.32 Å². The molecule has 0 saturated carbocycles. The van der Waals surface area contributed by atoms with Crippen LogP contribution in [0.15, 0.2) is 16.3 Å². The van der Waals surface area contributed by atoms with Crippen molar-refractivity contribution in [1.29, 1.82) is 0 Å². The number of nitrogens with zero attached hydrogens (tertiary/aromatic N) is 1. The Hall–Kier alpha value is -0.430. The van der Waals surface area contributed by atoms with E-state index in [0.717, 1.165) is 37.2 Å². The van der Waals surface area contributed by atoms with Crippen LogP contribution in [-0.4, -0.2) is 32.4 Å². The summed E-state index contributed by atoms with van der Waals surface area (Å²) in [7, 11) is -3.28. The normalized spacial score (nSPS) is 21.2. The molecule has 6 heteroatoms. The smallest absolute Gasteiger partial charge is 0.252 e. The summed E-state index contributed by atoms with van der Waals surface area (Å²) >= 11 is 1.39. The number of rotatable bonds is 6. The van der Waals surface area contributed by atoms with Crippen LogP contribution < -0.4 is 5.32 Å². The van der Waals surface area contributed by atoms with Gasteiger partial charge in [0, 0.05) is 24.5 Å². The third-order valence-electron chi connectivity index (χ3n) is 3.58. The highest BCUT2D eigenvalue weighted by molar-refractivity contribution is 7.91. The van der Waals surface area contributed by atoms with E-state index < -0.39 is 10.0 Å². The zero-order valence-electron chi connectivity index (χ0n) is 12.3. The van der Waals surface area contributed by atoms with E-state index in [-0.39, 0.29) is 0 Å². The molecular formula is C14H24N2O2S2. The molecular weight excluding hydrogens is 292 g/mol. The van der Waals surface area contributed by atoms with Crippen molar-refractivity contribution in [3.05, 3.63) is 17.0 Å². The second-order valence-electron chi connectivity index (χ2n) is 5.51. The van der Waals surface area contributed by atoms with Crippen LogP contribution in [0.3, 0.4) is 0 Å². The fraction of sp³-hybridized carbons (Fsp3) is 0.714. The van der Waals surface area contributed by atoms with Gasteiger partial charge in [0.25, 0.3) is 10.0 Å². The maximum absolute atomic E-state index is 12.6. The van der Waals surface area contributed by atoms with E-state index in [9.17, 15) is 8.42 Å². The molecule has 1 saturated heterocycles. The van der Waals surface area contributed by atoms with Gasteiger partial charge >= 0.3 is 0 Å². The monoisotopic (exact) mass is 316 g/mol. The van der Waals surface area contributed by atoms with E-state index in [0.29, 0.717) is 23.2 Å². The van der Waals surface area contributed by atoms with Gasteiger partial charge in [0.1, 0.15) is 4.21 Å². The van der Waals surface area contributed by atoms with Gasteiger partial charge in [-0.05, 0) is 43.9 Å². The van der Waals surface area contributed by atoms with E-state index in [1.165, 1.54) is 11.3 Å². The summed E-state index contributed by atoms with van der Waals surface area (Å²) in [5.41, 5.74) is 0. The number of hydrogen-bond donors (Lipinski definition) is 1. The van der Waals surface area contributed by atoms with Gasteiger partial charge in [-0.3, -0.25) is 0 Å². The van der Waals surface area contributed by atoms with Gasteiger partial charge in [-0.1, -0.05) is 13.8 Å². The Bertz CT molecular complexity index is 525. The zero-order valence-corrected chi connectivity index (χ0v) is 13.9. The Morgan fingerprint density at radius 1 is 1.45 bits per heavy atom. The molecule has 1 fully saturated rings. The van der Waals surface area contributed by atoms with E-state index >= 15 is 0 Å². The van der Waals surface area contributed by atoms with E-state index in [1.54, 1.807) is 10.4 Å². The lowest BCUT2D eigenvalue weighted by Crippen LogP contribution is -2.38. The van der Waals surface area contributed by atoms with Gasteiger partial charge in [0.15, 0.2) is 0 Å². The second kappa shape index (κ2) is 7.02. The van der Waals surface area contributed by atoms with Crippen molar-refractivity contribution in [2.75, 3.05) is 19.6 Å². The summed E-state index contributed by atoms with van der Waals surface area (Å²) in [6, 6.07) is 3.68. The number of piperidine rings is 1. The highest BCUT2D eigenvalue weighted by Gasteiger charge is 2.29. The SMILES string of the molecule is CCCNCc1ccc(S(=O)(=O)N2CCCC(C)C2)s1. The first kappa shape index (κ1) is 15.9. The zero-order chi connectivity index (χ0) is 14.6. The van der Waals surface area contributed by atoms with Crippen molar-refractivity contribution in [3.63, 3.8) is 0 Å². The molecule has 20 heavy (non-hydrogen) atoms. The highest BCUT2D eigenvalue weighted by atomic mass is 32.2. The predicted octanol–water partition coefficient (Wildman–Crippen LogP) is 2.67. The molecule has 0 aliphatic carbocycles. The van der Waals surface area contributed by atoms with Crippen molar-refractivity contribution in [2.24, 2.45) is 5.92 Å². The van der Waals surface area contributed by atoms with Crippen LogP contribution >= 0.6 is 11.3 Å². The summed E-state index contributed by atoms with van der Waals surface area (Å²) in [5, 5.41) is 3.30. The molecule has 2 rings (SSSR count). The van der Waals surface area contributed by atoms with Crippen molar-refractivity contribution < 1.29 is 8.42 Å². The molecule has 0 spiro atoms. The average Bonchev–Trinajstić information content (AvgIpc) is 2.88. The molecule has 1 unspecified atom stereocenters. The second-order valence-corrected chi connectivity index (χ2v) is 8.84. The fourth-order valence-electron chi connectivity index (χ4n) is 2.47. The maximum Gasteiger partial charge on any atom is 0.252 e. The van der Waals surface area contributed by atoms with Crippen LogP contribution in [0.1, 0.15) is 38.0 Å². The van der Waals surface area contributed by atoms with Crippen LogP contribution in [0.25, 0.3) is 0 Å². The van der Waals surface area contributed by atoms with Crippen LogP contribution in [0.2, 0.25) is 0 Å². The van der Waals surface area contributed by atoms with Crippen LogP contribution in [0, 0.1) is 5.92 Å².